The highest BCUT2D eigenvalue weighted by Crippen LogP contribution is 2.44. The van der Waals surface area contributed by atoms with Gasteiger partial charge in [-0.05, 0) is 48.0 Å². The molecule has 0 radical (unpaired) electrons. The quantitative estimate of drug-likeness (QED) is 0.251. The van der Waals surface area contributed by atoms with Crippen molar-refractivity contribution >= 4 is 44.1 Å². The summed E-state index contributed by atoms with van der Waals surface area (Å²) in [5.74, 6) is -0.473. The lowest BCUT2D eigenvalue weighted by Crippen LogP contribution is -2.29. The second-order valence-electron chi connectivity index (χ2n) is 7.64. The van der Waals surface area contributed by atoms with Crippen LogP contribution in [0.2, 0.25) is 0 Å². The largest absolute Gasteiger partial charge is 0.507 e. The molecule has 1 aliphatic heterocycles. The van der Waals surface area contributed by atoms with E-state index in [2.05, 4.69) is 4.98 Å². The third kappa shape index (κ3) is 3.58. The van der Waals surface area contributed by atoms with Gasteiger partial charge >= 0.3 is 5.91 Å². The van der Waals surface area contributed by atoms with Crippen molar-refractivity contribution in [2.24, 2.45) is 0 Å². The number of hydrogen-bond acceptors (Lipinski definition) is 7. The molecule has 1 amide bonds. The smallest absolute Gasteiger partial charge is 0.301 e. The maximum atomic E-state index is 13.3. The summed E-state index contributed by atoms with van der Waals surface area (Å²) in [6, 6.07) is 20.4. The fraction of sp³-hybridized carbons (Fsp3) is 0.115. The summed E-state index contributed by atoms with van der Waals surface area (Å²) in [5.41, 5.74) is 1.80. The number of thiazole rings is 1. The summed E-state index contributed by atoms with van der Waals surface area (Å²) >= 11 is 1.28. The van der Waals surface area contributed by atoms with Gasteiger partial charge in [0.2, 0.25) is 0 Å². The zero-order chi connectivity index (χ0) is 23.8. The first-order chi connectivity index (χ1) is 16.5. The number of ketones is 1. The number of anilines is 1. The van der Waals surface area contributed by atoms with Crippen LogP contribution in [-0.2, 0) is 9.59 Å². The van der Waals surface area contributed by atoms with E-state index in [1.807, 2.05) is 36.4 Å². The van der Waals surface area contributed by atoms with E-state index < -0.39 is 17.7 Å². The third-order valence-electron chi connectivity index (χ3n) is 5.71. The molecule has 1 N–H and O–H groups in total. The molecule has 0 aliphatic carbocycles. The summed E-state index contributed by atoms with van der Waals surface area (Å²) in [7, 11) is 3.12. The molecule has 170 valence electrons. The Balaban J connectivity index is 1.69. The predicted molar refractivity (Wildman–Crippen MR) is 130 cm³/mol. The van der Waals surface area contributed by atoms with E-state index >= 15 is 0 Å². The normalized spacial score (nSPS) is 17.4. The van der Waals surface area contributed by atoms with Crippen molar-refractivity contribution in [1.82, 2.24) is 4.98 Å². The van der Waals surface area contributed by atoms with Crippen LogP contribution in [0.5, 0.6) is 11.5 Å². The average molecular weight is 473 g/mol. The number of aliphatic hydroxyl groups excluding tert-OH is 1. The van der Waals surface area contributed by atoms with E-state index in [-0.39, 0.29) is 11.3 Å². The molecular weight excluding hydrogens is 452 g/mol. The molecule has 0 unspecified atom stereocenters. The fourth-order valence-electron chi connectivity index (χ4n) is 4.01. The first-order valence-corrected chi connectivity index (χ1v) is 11.3. The van der Waals surface area contributed by atoms with Crippen molar-refractivity contribution in [3.05, 3.63) is 89.5 Å². The Hall–Kier alpha value is -4.17. The average Bonchev–Trinajstić information content (AvgIpc) is 3.41. The van der Waals surface area contributed by atoms with Gasteiger partial charge in [-0.15, -0.1) is 0 Å². The molecular formula is C26H20N2O5S. The SMILES string of the molecule is COc1ccc(/C(O)=C2\C(=O)C(=O)N(c3nc4ccc(OC)cc4s3)[C@H]2c2ccccc2)cc1. The maximum absolute atomic E-state index is 13.3. The molecule has 0 saturated carbocycles. The van der Waals surface area contributed by atoms with Crippen molar-refractivity contribution in [3.63, 3.8) is 0 Å². The highest BCUT2D eigenvalue weighted by molar-refractivity contribution is 7.22. The predicted octanol–water partition coefficient (Wildman–Crippen LogP) is 4.94. The Morgan fingerprint density at radius 2 is 1.62 bits per heavy atom. The van der Waals surface area contributed by atoms with E-state index in [0.717, 1.165) is 4.70 Å². The minimum absolute atomic E-state index is 0.0122. The number of methoxy groups -OCH3 is 2. The van der Waals surface area contributed by atoms with Crippen molar-refractivity contribution < 1.29 is 24.2 Å². The number of fused-ring (bicyclic) bond motifs is 1. The zero-order valence-corrected chi connectivity index (χ0v) is 19.2. The van der Waals surface area contributed by atoms with E-state index in [0.29, 0.717) is 33.3 Å². The molecule has 0 bridgehead atoms. The monoisotopic (exact) mass is 472 g/mol. The highest BCUT2D eigenvalue weighted by Gasteiger charge is 2.48. The van der Waals surface area contributed by atoms with Crippen LogP contribution < -0.4 is 14.4 Å². The summed E-state index contributed by atoms with van der Waals surface area (Å²) in [6.07, 6.45) is 0. The Bertz CT molecular complexity index is 1430. The van der Waals surface area contributed by atoms with Gasteiger partial charge in [-0.3, -0.25) is 14.5 Å². The molecule has 3 aromatic carbocycles. The van der Waals surface area contributed by atoms with Crippen LogP contribution in [0, 0.1) is 0 Å². The van der Waals surface area contributed by atoms with Crippen LogP contribution in [0.15, 0.2) is 78.4 Å². The van der Waals surface area contributed by atoms with Crippen LogP contribution in [0.4, 0.5) is 5.13 Å². The number of amides is 1. The summed E-state index contributed by atoms with van der Waals surface area (Å²) in [6.45, 7) is 0. The molecule has 34 heavy (non-hydrogen) atoms. The van der Waals surface area contributed by atoms with Crippen LogP contribution >= 0.6 is 11.3 Å². The van der Waals surface area contributed by atoms with Gasteiger partial charge in [0.15, 0.2) is 5.13 Å². The lowest BCUT2D eigenvalue weighted by Gasteiger charge is -2.22. The molecule has 2 heterocycles. The lowest BCUT2D eigenvalue weighted by atomic mass is 9.95. The first kappa shape index (κ1) is 21.7. The molecule has 8 heteroatoms. The number of Topliss-reactive ketones (excluding diaryl/α,β-unsaturated/α-hetero) is 1. The zero-order valence-electron chi connectivity index (χ0n) is 18.4. The van der Waals surface area contributed by atoms with Crippen LogP contribution in [0.25, 0.3) is 16.0 Å². The Labute approximate surface area is 199 Å². The number of aliphatic hydroxyl groups is 1. The molecule has 1 saturated heterocycles. The van der Waals surface area contributed by atoms with Gasteiger partial charge in [-0.25, -0.2) is 4.98 Å². The molecule has 1 aliphatic rings. The van der Waals surface area contributed by atoms with Crippen molar-refractivity contribution in [1.29, 1.82) is 0 Å². The van der Waals surface area contributed by atoms with E-state index in [4.69, 9.17) is 9.47 Å². The standard InChI is InChI=1S/C26H20N2O5S/c1-32-17-10-8-16(9-11-17)23(29)21-22(15-6-4-3-5-7-15)28(25(31)24(21)30)26-27-19-13-12-18(33-2)14-20(19)34-26/h3-14,22,29H,1-2H3/b23-21+/t22-/m0/s1. The molecule has 0 spiro atoms. The number of carbonyl (C=O) groups excluding carboxylic acids is 2. The van der Waals surface area contributed by atoms with Gasteiger partial charge in [0, 0.05) is 5.56 Å². The number of benzene rings is 3. The van der Waals surface area contributed by atoms with Gasteiger partial charge in [0.1, 0.15) is 17.3 Å². The van der Waals surface area contributed by atoms with Gasteiger partial charge in [0.25, 0.3) is 5.78 Å². The molecule has 7 nitrogen and oxygen atoms in total. The van der Waals surface area contributed by atoms with E-state index in [9.17, 15) is 14.7 Å². The van der Waals surface area contributed by atoms with Gasteiger partial charge in [-0.1, -0.05) is 41.7 Å². The van der Waals surface area contributed by atoms with Crippen LogP contribution in [0.3, 0.4) is 0 Å². The van der Waals surface area contributed by atoms with Crippen LogP contribution in [0.1, 0.15) is 17.2 Å². The first-order valence-electron chi connectivity index (χ1n) is 10.5. The molecule has 1 atom stereocenters. The number of aromatic nitrogens is 1. The third-order valence-corrected chi connectivity index (χ3v) is 6.73. The van der Waals surface area contributed by atoms with Crippen LogP contribution in [-0.4, -0.2) is 36.0 Å². The maximum Gasteiger partial charge on any atom is 0.301 e. The Kier molecular flexibility index (Phi) is 5.51. The second-order valence-corrected chi connectivity index (χ2v) is 8.65. The van der Waals surface area contributed by atoms with E-state index in [1.54, 1.807) is 50.6 Å². The Morgan fingerprint density at radius 1 is 0.941 bits per heavy atom. The van der Waals surface area contributed by atoms with Gasteiger partial charge < -0.3 is 14.6 Å². The number of carbonyl (C=O) groups is 2. The number of ether oxygens (including phenoxy) is 2. The summed E-state index contributed by atoms with van der Waals surface area (Å²) in [5, 5.41) is 11.6. The lowest BCUT2D eigenvalue weighted by molar-refractivity contribution is -0.132. The van der Waals surface area contributed by atoms with Crippen molar-refractivity contribution in [2.75, 3.05) is 19.1 Å². The molecule has 1 aromatic heterocycles. The molecule has 5 rings (SSSR count). The molecule has 4 aromatic rings. The van der Waals surface area contributed by atoms with E-state index in [1.165, 1.54) is 16.2 Å². The highest BCUT2D eigenvalue weighted by atomic mass is 32.1. The minimum atomic E-state index is -0.828. The van der Waals surface area contributed by atoms with Gasteiger partial charge in [0.05, 0.1) is 36.1 Å². The topological polar surface area (TPSA) is 89.0 Å². The minimum Gasteiger partial charge on any atom is -0.507 e. The van der Waals surface area contributed by atoms with Gasteiger partial charge in [-0.2, -0.15) is 0 Å². The second kappa shape index (κ2) is 8.64. The fourth-order valence-corrected chi connectivity index (χ4v) is 5.03. The number of nitrogens with zero attached hydrogens (tertiary/aromatic N) is 2. The summed E-state index contributed by atoms with van der Waals surface area (Å²) in [4.78, 5) is 32.5. The molecule has 1 fully saturated rings. The van der Waals surface area contributed by atoms with Crippen molar-refractivity contribution in [3.8, 4) is 11.5 Å². The van der Waals surface area contributed by atoms with Crippen molar-refractivity contribution in [2.45, 2.75) is 6.04 Å². The number of hydrogen-bond donors (Lipinski definition) is 1. The number of rotatable bonds is 5. The Morgan fingerprint density at radius 3 is 2.29 bits per heavy atom. The summed E-state index contributed by atoms with van der Waals surface area (Å²) < 4.78 is 11.3.